The molecule has 1 nitrogen and oxygen atoms in total. The molecule has 0 aliphatic carbocycles. The smallest absolute Gasteiger partial charge is 0.0681 e. The van der Waals surface area contributed by atoms with Gasteiger partial charge >= 0.3 is 0 Å². The first-order chi connectivity index (χ1) is 7.72. The van der Waals surface area contributed by atoms with Gasteiger partial charge < -0.3 is 5.11 Å². The Morgan fingerprint density at radius 3 is 1.50 bits per heavy atom. The van der Waals surface area contributed by atoms with Crippen LogP contribution in [0.25, 0.3) is 0 Å². The fraction of sp³-hybridized carbons (Fsp3) is 0.200. The van der Waals surface area contributed by atoms with Crippen molar-refractivity contribution in [1.82, 2.24) is 0 Å². The van der Waals surface area contributed by atoms with Crippen molar-refractivity contribution >= 4 is 0 Å². The molecular weight excluding hydrogens is 196 g/mol. The number of aliphatic hydroxyl groups excluding tert-OH is 1. The summed E-state index contributed by atoms with van der Waals surface area (Å²) in [6.07, 6.45) is 0. The molecule has 0 unspecified atom stereocenters. The van der Waals surface area contributed by atoms with E-state index in [0.29, 0.717) is 0 Å². The van der Waals surface area contributed by atoms with Crippen LogP contribution in [0.15, 0.2) is 54.6 Å². The Balaban J connectivity index is 0.000000160. The first-order valence-electron chi connectivity index (χ1n) is 5.40. The van der Waals surface area contributed by atoms with E-state index in [4.69, 9.17) is 5.11 Å². The molecule has 0 aliphatic rings. The van der Waals surface area contributed by atoms with Gasteiger partial charge in [0.2, 0.25) is 0 Å². The number of rotatable bonds is 1. The molecule has 2 aromatic rings. The highest BCUT2D eigenvalue weighted by Crippen LogP contribution is 1.99. The Kier molecular flexibility index (Phi) is 5.30. The molecule has 0 heterocycles. The molecule has 1 heteroatoms. The van der Waals surface area contributed by atoms with Crippen molar-refractivity contribution < 1.29 is 5.11 Å². The minimum absolute atomic E-state index is 0.140. The summed E-state index contributed by atoms with van der Waals surface area (Å²) >= 11 is 0. The van der Waals surface area contributed by atoms with Crippen LogP contribution in [0.5, 0.6) is 0 Å². The Hall–Kier alpha value is -1.60. The van der Waals surface area contributed by atoms with Crippen molar-refractivity contribution in [3.8, 4) is 0 Å². The summed E-state index contributed by atoms with van der Waals surface area (Å²) in [6.45, 7) is 4.33. The van der Waals surface area contributed by atoms with Gasteiger partial charge in [-0.3, -0.25) is 0 Å². The quantitative estimate of drug-likeness (QED) is 0.770. The first kappa shape index (κ1) is 12.5. The number of aryl methyl sites for hydroxylation is 2. The van der Waals surface area contributed by atoms with Crippen LogP contribution < -0.4 is 0 Å². The van der Waals surface area contributed by atoms with Gasteiger partial charge in [0.25, 0.3) is 0 Å². The zero-order chi connectivity index (χ0) is 11.8. The van der Waals surface area contributed by atoms with Gasteiger partial charge in [0.15, 0.2) is 0 Å². The van der Waals surface area contributed by atoms with Crippen molar-refractivity contribution in [3.63, 3.8) is 0 Å². The fourth-order valence-electron chi connectivity index (χ4n) is 1.22. The molecule has 0 saturated carbocycles. The minimum atomic E-state index is 0.140. The average Bonchev–Trinajstić information content (AvgIpc) is 2.35. The summed E-state index contributed by atoms with van der Waals surface area (Å²) in [5.74, 6) is 0. The molecular formula is C15H18O. The Morgan fingerprint density at radius 2 is 1.19 bits per heavy atom. The van der Waals surface area contributed by atoms with E-state index < -0.39 is 0 Å². The molecule has 84 valence electrons. The molecule has 0 aliphatic heterocycles. The van der Waals surface area contributed by atoms with Crippen molar-refractivity contribution in [2.24, 2.45) is 0 Å². The monoisotopic (exact) mass is 214 g/mol. The standard InChI is InChI=1S/C8H10.C7H8O/c1-7-3-5-8(2)6-4-7;8-6-7-4-2-1-3-5-7/h3-6H,1-2H3;1-5,8H,6H2. The maximum Gasteiger partial charge on any atom is 0.0681 e. The Morgan fingerprint density at radius 1 is 0.750 bits per heavy atom. The first-order valence-corrected chi connectivity index (χ1v) is 5.40. The minimum Gasteiger partial charge on any atom is -0.392 e. The van der Waals surface area contributed by atoms with Gasteiger partial charge in [0.1, 0.15) is 0 Å². The van der Waals surface area contributed by atoms with E-state index >= 15 is 0 Å². The van der Waals surface area contributed by atoms with Gasteiger partial charge in [0.05, 0.1) is 6.61 Å². The normalized spacial score (nSPS) is 9.19. The second kappa shape index (κ2) is 6.81. The summed E-state index contributed by atoms with van der Waals surface area (Å²) in [6, 6.07) is 18.0. The fourth-order valence-corrected chi connectivity index (χ4v) is 1.22. The highest BCUT2D eigenvalue weighted by molar-refractivity contribution is 5.19. The zero-order valence-corrected chi connectivity index (χ0v) is 9.85. The van der Waals surface area contributed by atoms with Crippen LogP contribution in [0.3, 0.4) is 0 Å². The van der Waals surface area contributed by atoms with E-state index in [9.17, 15) is 0 Å². The molecule has 0 fully saturated rings. The molecule has 0 aromatic heterocycles. The van der Waals surface area contributed by atoms with Gasteiger partial charge in [-0.05, 0) is 19.4 Å². The van der Waals surface area contributed by atoms with E-state index in [1.807, 2.05) is 30.3 Å². The van der Waals surface area contributed by atoms with Crippen molar-refractivity contribution in [3.05, 3.63) is 71.3 Å². The molecule has 2 rings (SSSR count). The molecule has 0 bridgehead atoms. The van der Waals surface area contributed by atoms with E-state index in [-0.39, 0.29) is 6.61 Å². The maximum absolute atomic E-state index is 8.54. The summed E-state index contributed by atoms with van der Waals surface area (Å²) in [5.41, 5.74) is 3.62. The lowest BCUT2D eigenvalue weighted by Gasteiger charge is -1.90. The van der Waals surface area contributed by atoms with Crippen LogP contribution in [0.1, 0.15) is 16.7 Å². The molecule has 16 heavy (non-hydrogen) atoms. The number of benzene rings is 2. The average molecular weight is 214 g/mol. The largest absolute Gasteiger partial charge is 0.392 e. The molecule has 2 aromatic carbocycles. The van der Waals surface area contributed by atoms with Crippen LogP contribution in [0.2, 0.25) is 0 Å². The van der Waals surface area contributed by atoms with Crippen molar-refractivity contribution in [2.75, 3.05) is 0 Å². The van der Waals surface area contributed by atoms with Crippen LogP contribution >= 0.6 is 0 Å². The Labute approximate surface area is 97.4 Å². The molecule has 0 amide bonds. The number of hydrogen-bond acceptors (Lipinski definition) is 1. The van der Waals surface area contributed by atoms with Crippen LogP contribution in [0, 0.1) is 13.8 Å². The SMILES string of the molecule is Cc1ccc(C)cc1.OCc1ccccc1. The number of hydrogen-bond donors (Lipinski definition) is 1. The maximum atomic E-state index is 8.54. The van der Waals surface area contributed by atoms with Crippen LogP contribution in [-0.2, 0) is 6.61 Å². The lowest BCUT2D eigenvalue weighted by atomic mass is 10.2. The van der Waals surface area contributed by atoms with E-state index in [0.717, 1.165) is 5.56 Å². The van der Waals surface area contributed by atoms with Gasteiger partial charge in [-0.15, -0.1) is 0 Å². The molecule has 0 saturated heterocycles. The lowest BCUT2D eigenvalue weighted by Crippen LogP contribution is -1.77. The molecule has 0 atom stereocenters. The third-order valence-corrected chi connectivity index (χ3v) is 2.24. The van der Waals surface area contributed by atoms with Crippen LogP contribution in [-0.4, -0.2) is 5.11 Å². The van der Waals surface area contributed by atoms with Gasteiger partial charge in [0, 0.05) is 0 Å². The second-order valence-electron chi connectivity index (χ2n) is 3.80. The van der Waals surface area contributed by atoms with Crippen molar-refractivity contribution in [1.29, 1.82) is 0 Å². The predicted octanol–water partition coefficient (Wildman–Crippen LogP) is 3.48. The van der Waals surface area contributed by atoms with E-state index in [1.54, 1.807) is 0 Å². The topological polar surface area (TPSA) is 20.2 Å². The summed E-state index contributed by atoms with van der Waals surface area (Å²) in [5, 5.41) is 8.54. The summed E-state index contributed by atoms with van der Waals surface area (Å²) in [7, 11) is 0. The molecule has 0 spiro atoms. The summed E-state index contributed by atoms with van der Waals surface area (Å²) in [4.78, 5) is 0. The summed E-state index contributed by atoms with van der Waals surface area (Å²) < 4.78 is 0. The van der Waals surface area contributed by atoms with E-state index in [2.05, 4.69) is 38.1 Å². The predicted molar refractivity (Wildman–Crippen MR) is 68.3 cm³/mol. The Bertz CT molecular complexity index is 369. The second-order valence-corrected chi connectivity index (χ2v) is 3.80. The number of aliphatic hydroxyl groups is 1. The van der Waals surface area contributed by atoms with Crippen molar-refractivity contribution in [2.45, 2.75) is 20.5 Å². The third-order valence-electron chi connectivity index (χ3n) is 2.24. The highest BCUT2D eigenvalue weighted by Gasteiger charge is 1.81. The molecule has 1 N–H and O–H groups in total. The van der Waals surface area contributed by atoms with Crippen LogP contribution in [0.4, 0.5) is 0 Å². The van der Waals surface area contributed by atoms with E-state index in [1.165, 1.54) is 11.1 Å². The van der Waals surface area contributed by atoms with Gasteiger partial charge in [-0.1, -0.05) is 65.7 Å². The third kappa shape index (κ3) is 4.76. The zero-order valence-electron chi connectivity index (χ0n) is 9.85. The van der Waals surface area contributed by atoms with Gasteiger partial charge in [-0.25, -0.2) is 0 Å². The molecule has 0 radical (unpaired) electrons. The lowest BCUT2D eigenvalue weighted by molar-refractivity contribution is 0.282. The van der Waals surface area contributed by atoms with Gasteiger partial charge in [-0.2, -0.15) is 0 Å². The highest BCUT2D eigenvalue weighted by atomic mass is 16.3.